The Kier molecular flexibility index (Phi) is 7.40. The van der Waals surface area contributed by atoms with E-state index in [0.29, 0.717) is 19.6 Å². The topological polar surface area (TPSA) is 134 Å². The molecule has 0 radical (unpaired) electrons. The summed E-state index contributed by atoms with van der Waals surface area (Å²) in [5, 5.41) is 30.1. The van der Waals surface area contributed by atoms with Crippen molar-refractivity contribution in [2.75, 3.05) is 58.9 Å². The van der Waals surface area contributed by atoms with Crippen LogP contribution < -0.4 is 5.32 Å². The lowest BCUT2D eigenvalue weighted by Gasteiger charge is -2.28. The van der Waals surface area contributed by atoms with Gasteiger partial charge in [-0.15, -0.1) is 0 Å². The number of hydrogen-bond acceptors (Lipinski definition) is 5. The summed E-state index contributed by atoms with van der Waals surface area (Å²) >= 11 is 0. The molecule has 10 heteroatoms. The Morgan fingerprint density at radius 3 is 1.82 bits per heavy atom. The largest absolute Gasteiger partial charge is 0.480 e. The number of carboxylic acids is 1. The fourth-order valence-corrected chi connectivity index (χ4v) is 2.15. The monoisotopic (exact) mass is 318 g/mol. The number of nitrogens with one attached hydrogen (secondary N) is 1. The van der Waals surface area contributed by atoms with Gasteiger partial charge in [0, 0.05) is 52.4 Å². The lowest BCUT2D eigenvalue weighted by molar-refractivity contribution is -0.138. The zero-order valence-electron chi connectivity index (χ0n) is 12.3. The predicted molar refractivity (Wildman–Crippen MR) is 76.1 cm³/mol. The third kappa shape index (κ3) is 6.59. The van der Waals surface area contributed by atoms with E-state index < -0.39 is 18.2 Å². The number of amides is 2. The van der Waals surface area contributed by atoms with Crippen LogP contribution in [0.4, 0.5) is 9.59 Å². The highest BCUT2D eigenvalue weighted by Crippen LogP contribution is 1.98. The highest BCUT2D eigenvalue weighted by molar-refractivity contribution is 5.69. The smallest absolute Gasteiger partial charge is 0.407 e. The molecule has 4 N–H and O–H groups in total. The molecule has 1 aliphatic heterocycles. The Balaban J connectivity index is 2.69. The normalized spacial score (nSPS) is 19.1. The molecule has 0 spiro atoms. The minimum absolute atomic E-state index is 0.0581. The molecule has 0 aromatic heterocycles. The Bertz CT molecular complexity index is 405. The summed E-state index contributed by atoms with van der Waals surface area (Å²) < 4.78 is 0. The number of hydrogen-bond donors (Lipinski definition) is 4. The summed E-state index contributed by atoms with van der Waals surface area (Å²) in [6.45, 7) is 2.05. The van der Waals surface area contributed by atoms with E-state index in [0.717, 1.165) is 4.90 Å². The zero-order chi connectivity index (χ0) is 16.5. The standard InChI is InChI=1S/C12H22N4O6/c17-10(18)9-14-3-1-13-2-4-15(11(19)20)7-8-16(6-5-14)12(21)22/h13H,1-9H2,(H,17,18)(H,19,20)(H,21,22). The van der Waals surface area contributed by atoms with Crippen LogP contribution in [0.1, 0.15) is 0 Å². The first kappa shape index (κ1) is 18.0. The highest BCUT2D eigenvalue weighted by Gasteiger charge is 2.19. The first-order valence-corrected chi connectivity index (χ1v) is 7.00. The quantitative estimate of drug-likeness (QED) is 0.506. The maximum Gasteiger partial charge on any atom is 0.407 e. The molecule has 126 valence electrons. The van der Waals surface area contributed by atoms with Gasteiger partial charge in [0.15, 0.2) is 0 Å². The molecular formula is C12H22N4O6. The molecule has 22 heavy (non-hydrogen) atoms. The molecule has 0 aromatic carbocycles. The van der Waals surface area contributed by atoms with Crippen LogP contribution in [0.25, 0.3) is 0 Å². The van der Waals surface area contributed by atoms with Crippen molar-refractivity contribution < 1.29 is 29.7 Å². The number of rotatable bonds is 2. The van der Waals surface area contributed by atoms with Crippen LogP contribution in [0.3, 0.4) is 0 Å². The number of nitrogens with zero attached hydrogens (tertiary/aromatic N) is 3. The van der Waals surface area contributed by atoms with E-state index in [1.54, 1.807) is 4.90 Å². The van der Waals surface area contributed by atoms with Crippen LogP contribution in [-0.4, -0.2) is 107 Å². The molecular weight excluding hydrogens is 296 g/mol. The second-order valence-corrected chi connectivity index (χ2v) is 4.96. The van der Waals surface area contributed by atoms with Crippen molar-refractivity contribution in [1.82, 2.24) is 20.0 Å². The minimum Gasteiger partial charge on any atom is -0.480 e. The maximum absolute atomic E-state index is 11.2. The van der Waals surface area contributed by atoms with E-state index in [1.807, 2.05) is 0 Å². The molecule has 1 rings (SSSR count). The van der Waals surface area contributed by atoms with E-state index in [2.05, 4.69) is 5.32 Å². The van der Waals surface area contributed by atoms with Gasteiger partial charge < -0.3 is 30.4 Å². The molecule has 0 aromatic rings. The third-order valence-corrected chi connectivity index (χ3v) is 3.39. The lowest BCUT2D eigenvalue weighted by Crippen LogP contribution is -2.47. The molecule has 0 saturated carbocycles. The highest BCUT2D eigenvalue weighted by atomic mass is 16.4. The predicted octanol–water partition coefficient (Wildman–Crippen LogP) is -1.06. The van der Waals surface area contributed by atoms with Crippen LogP contribution in [0.5, 0.6) is 0 Å². The van der Waals surface area contributed by atoms with Crippen molar-refractivity contribution >= 4 is 18.2 Å². The van der Waals surface area contributed by atoms with Crippen LogP contribution in [0.2, 0.25) is 0 Å². The van der Waals surface area contributed by atoms with Gasteiger partial charge >= 0.3 is 18.2 Å². The van der Waals surface area contributed by atoms with Gasteiger partial charge in [0.25, 0.3) is 0 Å². The van der Waals surface area contributed by atoms with Gasteiger partial charge in [0.2, 0.25) is 0 Å². The van der Waals surface area contributed by atoms with Gasteiger partial charge in [-0.2, -0.15) is 0 Å². The van der Waals surface area contributed by atoms with E-state index in [-0.39, 0.29) is 39.3 Å². The van der Waals surface area contributed by atoms with Gasteiger partial charge in [-0.25, -0.2) is 9.59 Å². The Hall–Kier alpha value is -2.07. The van der Waals surface area contributed by atoms with Crippen molar-refractivity contribution in [2.45, 2.75) is 0 Å². The molecule has 0 bridgehead atoms. The molecule has 0 atom stereocenters. The third-order valence-electron chi connectivity index (χ3n) is 3.39. The van der Waals surface area contributed by atoms with Crippen molar-refractivity contribution in [2.24, 2.45) is 0 Å². The molecule has 1 heterocycles. The number of carbonyl (C=O) groups is 3. The Morgan fingerprint density at radius 1 is 0.773 bits per heavy atom. The van der Waals surface area contributed by atoms with Crippen LogP contribution in [-0.2, 0) is 4.79 Å². The molecule has 1 saturated heterocycles. The van der Waals surface area contributed by atoms with Gasteiger partial charge in [0.05, 0.1) is 6.54 Å². The summed E-state index contributed by atoms with van der Waals surface area (Å²) in [6.07, 6.45) is -2.23. The van der Waals surface area contributed by atoms with E-state index >= 15 is 0 Å². The molecule has 2 amide bonds. The molecule has 10 nitrogen and oxygen atoms in total. The Labute approximate surface area is 127 Å². The van der Waals surface area contributed by atoms with Gasteiger partial charge in [-0.05, 0) is 0 Å². The van der Waals surface area contributed by atoms with Gasteiger partial charge in [0.1, 0.15) is 0 Å². The number of aliphatic carboxylic acids is 1. The fraction of sp³-hybridized carbons (Fsp3) is 0.750. The summed E-state index contributed by atoms with van der Waals surface area (Å²) in [5.41, 5.74) is 0. The second-order valence-electron chi connectivity index (χ2n) is 4.96. The van der Waals surface area contributed by atoms with Crippen LogP contribution >= 0.6 is 0 Å². The number of carboxylic acid groups (broad SMARTS) is 3. The van der Waals surface area contributed by atoms with Crippen LogP contribution in [0, 0.1) is 0 Å². The lowest BCUT2D eigenvalue weighted by atomic mass is 10.3. The van der Waals surface area contributed by atoms with Crippen molar-refractivity contribution in [1.29, 1.82) is 0 Å². The molecule has 1 aliphatic rings. The van der Waals surface area contributed by atoms with Gasteiger partial charge in [-0.3, -0.25) is 9.69 Å². The molecule has 1 fully saturated rings. The molecule has 0 unspecified atom stereocenters. The second kappa shape index (κ2) is 9.05. The van der Waals surface area contributed by atoms with Crippen molar-refractivity contribution in [3.05, 3.63) is 0 Å². The average molecular weight is 318 g/mol. The Morgan fingerprint density at radius 2 is 1.27 bits per heavy atom. The molecule has 0 aliphatic carbocycles. The first-order valence-electron chi connectivity index (χ1n) is 7.00. The van der Waals surface area contributed by atoms with Crippen LogP contribution in [0.15, 0.2) is 0 Å². The van der Waals surface area contributed by atoms with E-state index in [9.17, 15) is 14.4 Å². The van der Waals surface area contributed by atoms with E-state index in [1.165, 1.54) is 4.90 Å². The van der Waals surface area contributed by atoms with Gasteiger partial charge in [-0.1, -0.05) is 0 Å². The van der Waals surface area contributed by atoms with Crippen molar-refractivity contribution in [3.8, 4) is 0 Å². The average Bonchev–Trinajstić information content (AvgIpc) is 2.40. The van der Waals surface area contributed by atoms with Crippen molar-refractivity contribution in [3.63, 3.8) is 0 Å². The summed E-state index contributed by atoms with van der Waals surface area (Å²) in [4.78, 5) is 37.0. The summed E-state index contributed by atoms with van der Waals surface area (Å²) in [7, 11) is 0. The SMILES string of the molecule is O=C(O)CN1CCNCCN(C(=O)O)CCN(C(=O)O)CC1. The first-order chi connectivity index (χ1) is 10.4. The van der Waals surface area contributed by atoms with E-state index in [4.69, 9.17) is 15.3 Å². The zero-order valence-corrected chi connectivity index (χ0v) is 12.3. The minimum atomic E-state index is -1.14. The fourth-order valence-electron chi connectivity index (χ4n) is 2.15. The maximum atomic E-state index is 11.2. The summed E-state index contributed by atoms with van der Waals surface area (Å²) in [6, 6.07) is 0. The summed E-state index contributed by atoms with van der Waals surface area (Å²) in [5.74, 6) is -0.967.